The molecule has 0 bridgehead atoms. The minimum atomic E-state index is 0.352. The second-order valence-corrected chi connectivity index (χ2v) is 8.34. The van der Waals surface area contributed by atoms with Crippen molar-refractivity contribution in [2.75, 3.05) is 19.6 Å². The van der Waals surface area contributed by atoms with Crippen molar-refractivity contribution in [1.82, 2.24) is 24.4 Å². The second kappa shape index (κ2) is 9.31. The van der Waals surface area contributed by atoms with E-state index in [0.29, 0.717) is 11.8 Å². The summed E-state index contributed by atoms with van der Waals surface area (Å²) in [6.45, 7) is 7.73. The molecule has 3 aromatic rings. The summed E-state index contributed by atoms with van der Waals surface area (Å²) in [5.41, 5.74) is 2.54. The van der Waals surface area contributed by atoms with Gasteiger partial charge in [0.25, 0.3) is 0 Å². The maximum atomic E-state index is 4.98. The first-order valence-electron chi connectivity index (χ1n) is 10.8. The molecule has 3 heterocycles. The van der Waals surface area contributed by atoms with Crippen molar-refractivity contribution in [3.05, 3.63) is 72.2 Å². The fourth-order valence-corrected chi connectivity index (χ4v) is 4.27. The van der Waals surface area contributed by atoms with E-state index in [-0.39, 0.29) is 0 Å². The predicted octanol–water partition coefficient (Wildman–Crippen LogP) is 4.60. The third kappa shape index (κ3) is 4.91. The minimum absolute atomic E-state index is 0.352. The summed E-state index contributed by atoms with van der Waals surface area (Å²) in [6, 6.07) is 10.8. The van der Waals surface area contributed by atoms with Crippen LogP contribution in [0.5, 0.6) is 0 Å². The molecule has 1 fully saturated rings. The van der Waals surface area contributed by atoms with Crippen molar-refractivity contribution in [3.8, 4) is 5.82 Å². The van der Waals surface area contributed by atoms with E-state index in [9.17, 15) is 0 Å². The van der Waals surface area contributed by atoms with Crippen molar-refractivity contribution in [2.24, 2.45) is 0 Å². The van der Waals surface area contributed by atoms with Crippen LogP contribution in [0.25, 0.3) is 5.82 Å². The quantitative estimate of drug-likeness (QED) is 0.593. The Bertz CT molecular complexity index is 902. The first-order valence-corrected chi connectivity index (χ1v) is 10.8. The number of nitrogens with zero attached hydrogens (tertiary/aromatic N) is 5. The van der Waals surface area contributed by atoms with Crippen LogP contribution in [0.1, 0.15) is 62.0 Å². The van der Waals surface area contributed by atoms with Gasteiger partial charge in [0.15, 0.2) is 5.82 Å². The van der Waals surface area contributed by atoms with Gasteiger partial charge in [-0.3, -0.25) is 9.55 Å². The van der Waals surface area contributed by atoms with Crippen molar-refractivity contribution < 1.29 is 0 Å². The van der Waals surface area contributed by atoms with Gasteiger partial charge in [-0.1, -0.05) is 44.2 Å². The van der Waals surface area contributed by atoms with E-state index in [0.717, 1.165) is 36.8 Å². The number of likely N-dealkylation sites (tertiary alicyclic amines) is 1. The maximum Gasteiger partial charge on any atom is 0.156 e. The molecular weight excluding hydrogens is 358 g/mol. The van der Waals surface area contributed by atoms with Crippen LogP contribution in [0.15, 0.2) is 55.1 Å². The summed E-state index contributed by atoms with van der Waals surface area (Å²) in [6.07, 6.45) is 12.4. The molecule has 4 rings (SSSR count). The maximum absolute atomic E-state index is 4.98. The smallest absolute Gasteiger partial charge is 0.156 e. The zero-order chi connectivity index (χ0) is 20.1. The molecule has 0 aliphatic carbocycles. The van der Waals surface area contributed by atoms with Crippen molar-refractivity contribution >= 4 is 0 Å². The number of piperidine rings is 1. The highest BCUT2D eigenvalue weighted by atomic mass is 15.2. The van der Waals surface area contributed by atoms with E-state index in [1.165, 1.54) is 31.4 Å². The van der Waals surface area contributed by atoms with Crippen LogP contribution < -0.4 is 0 Å². The Hall–Kier alpha value is -2.53. The first-order chi connectivity index (χ1) is 14.2. The lowest BCUT2D eigenvalue weighted by molar-refractivity contribution is 0.204. The van der Waals surface area contributed by atoms with Crippen molar-refractivity contribution in [2.45, 2.75) is 51.4 Å². The average Bonchev–Trinajstić information content (AvgIpc) is 3.25. The van der Waals surface area contributed by atoms with E-state index >= 15 is 0 Å². The summed E-state index contributed by atoms with van der Waals surface area (Å²) < 4.78 is 2.07. The Labute approximate surface area is 173 Å². The minimum Gasteiger partial charge on any atom is -0.303 e. The van der Waals surface area contributed by atoms with Gasteiger partial charge >= 0.3 is 0 Å². The Kier molecular flexibility index (Phi) is 6.35. The number of imidazole rings is 1. The van der Waals surface area contributed by atoms with Crippen LogP contribution in [-0.4, -0.2) is 44.1 Å². The van der Waals surface area contributed by atoms with E-state index in [1.807, 2.05) is 24.8 Å². The summed E-state index contributed by atoms with van der Waals surface area (Å²) in [4.78, 5) is 16.6. The molecule has 0 radical (unpaired) electrons. The molecule has 0 saturated carbocycles. The molecule has 5 heteroatoms. The molecule has 0 spiro atoms. The number of benzene rings is 1. The zero-order valence-corrected chi connectivity index (χ0v) is 17.5. The van der Waals surface area contributed by atoms with Crippen LogP contribution in [0.4, 0.5) is 0 Å². The summed E-state index contributed by atoms with van der Waals surface area (Å²) in [7, 11) is 0. The van der Waals surface area contributed by atoms with Gasteiger partial charge in [-0.25, -0.2) is 9.97 Å². The SMILES string of the molecule is CC(C)c1nccn1-c1cncc([C@H]2CCCN(CCCc3ccccc3)C2)n1. The highest BCUT2D eigenvalue weighted by Gasteiger charge is 2.23. The molecule has 0 unspecified atom stereocenters. The van der Waals surface area contributed by atoms with Gasteiger partial charge in [-0.05, 0) is 44.3 Å². The van der Waals surface area contributed by atoms with Crippen molar-refractivity contribution in [3.63, 3.8) is 0 Å². The fourth-order valence-electron chi connectivity index (χ4n) is 4.27. The van der Waals surface area contributed by atoms with Crippen LogP contribution in [-0.2, 0) is 6.42 Å². The van der Waals surface area contributed by atoms with Gasteiger partial charge in [0, 0.05) is 37.0 Å². The second-order valence-electron chi connectivity index (χ2n) is 8.34. The molecule has 29 heavy (non-hydrogen) atoms. The van der Waals surface area contributed by atoms with Gasteiger partial charge < -0.3 is 4.90 Å². The fraction of sp³-hybridized carbons (Fsp3) is 0.458. The normalized spacial score (nSPS) is 17.7. The lowest BCUT2D eigenvalue weighted by Crippen LogP contribution is -2.35. The van der Waals surface area contributed by atoms with Gasteiger partial charge in [-0.15, -0.1) is 0 Å². The highest BCUT2D eigenvalue weighted by Crippen LogP contribution is 2.26. The third-order valence-electron chi connectivity index (χ3n) is 5.78. The number of aryl methyl sites for hydroxylation is 1. The van der Waals surface area contributed by atoms with E-state index in [4.69, 9.17) is 4.98 Å². The largest absolute Gasteiger partial charge is 0.303 e. The summed E-state index contributed by atoms with van der Waals surface area (Å²) in [5, 5.41) is 0. The predicted molar refractivity (Wildman–Crippen MR) is 116 cm³/mol. The number of aromatic nitrogens is 4. The monoisotopic (exact) mass is 389 g/mol. The van der Waals surface area contributed by atoms with Gasteiger partial charge in [-0.2, -0.15) is 0 Å². The molecule has 1 aromatic carbocycles. The number of rotatable bonds is 7. The lowest BCUT2D eigenvalue weighted by Gasteiger charge is -2.32. The lowest BCUT2D eigenvalue weighted by atomic mass is 9.94. The molecule has 1 saturated heterocycles. The Morgan fingerprint density at radius 3 is 2.83 bits per heavy atom. The Balaban J connectivity index is 1.40. The number of hydrogen-bond acceptors (Lipinski definition) is 4. The van der Waals surface area contributed by atoms with E-state index in [2.05, 4.69) is 63.6 Å². The molecular formula is C24H31N5. The van der Waals surface area contributed by atoms with Crippen LogP contribution in [0.2, 0.25) is 0 Å². The topological polar surface area (TPSA) is 46.8 Å². The first kappa shape index (κ1) is 19.8. The summed E-state index contributed by atoms with van der Waals surface area (Å²) in [5.74, 6) is 2.72. The molecule has 1 atom stereocenters. The highest BCUT2D eigenvalue weighted by molar-refractivity contribution is 5.25. The van der Waals surface area contributed by atoms with Crippen LogP contribution >= 0.6 is 0 Å². The van der Waals surface area contributed by atoms with Crippen molar-refractivity contribution in [1.29, 1.82) is 0 Å². The third-order valence-corrected chi connectivity index (χ3v) is 5.78. The number of hydrogen-bond donors (Lipinski definition) is 0. The van der Waals surface area contributed by atoms with E-state index in [1.54, 1.807) is 0 Å². The molecule has 152 valence electrons. The zero-order valence-electron chi connectivity index (χ0n) is 17.5. The summed E-state index contributed by atoms with van der Waals surface area (Å²) >= 11 is 0. The standard InChI is InChI=1S/C24H31N5/c1-19(2)24-26-12-15-29(24)23-17-25-16-22(27-23)21-11-7-14-28(18-21)13-6-10-20-8-4-3-5-9-20/h3-5,8-9,12,15-17,19,21H,6-7,10-11,13-14,18H2,1-2H3/t21-/m0/s1. The molecule has 5 nitrogen and oxygen atoms in total. The average molecular weight is 390 g/mol. The van der Waals surface area contributed by atoms with Gasteiger partial charge in [0.05, 0.1) is 11.9 Å². The van der Waals surface area contributed by atoms with Gasteiger partial charge in [0.1, 0.15) is 5.82 Å². The van der Waals surface area contributed by atoms with E-state index < -0.39 is 0 Å². The van der Waals surface area contributed by atoms with Gasteiger partial charge in [0.2, 0.25) is 0 Å². The Morgan fingerprint density at radius 1 is 1.14 bits per heavy atom. The van der Waals surface area contributed by atoms with Crippen LogP contribution in [0, 0.1) is 0 Å². The molecule has 1 aliphatic heterocycles. The molecule has 1 aliphatic rings. The molecule has 0 N–H and O–H groups in total. The van der Waals surface area contributed by atoms with Crippen LogP contribution in [0.3, 0.4) is 0 Å². The molecule has 0 amide bonds. The Morgan fingerprint density at radius 2 is 2.00 bits per heavy atom. The molecule has 2 aromatic heterocycles.